The summed E-state index contributed by atoms with van der Waals surface area (Å²) in [6.07, 6.45) is -0.413. The van der Waals surface area contributed by atoms with Gasteiger partial charge in [-0.1, -0.05) is 41.4 Å². The Labute approximate surface area is 130 Å². The van der Waals surface area contributed by atoms with Crippen molar-refractivity contribution >= 4 is 23.2 Å². The Bertz CT molecular complexity index is 640. The number of hydrogen-bond donors (Lipinski definition) is 0. The number of hydrogen-bond acceptors (Lipinski definition) is 4. The molecule has 4 nitrogen and oxygen atoms in total. The van der Waals surface area contributed by atoms with Crippen LogP contribution in [0.3, 0.4) is 0 Å². The van der Waals surface area contributed by atoms with Gasteiger partial charge < -0.3 is 9.47 Å². The van der Waals surface area contributed by atoms with Crippen LogP contribution in [0.5, 0.6) is 0 Å². The highest BCUT2D eigenvalue weighted by atomic mass is 35.5. The largest absolute Gasteiger partial charge is 0.376 e. The van der Waals surface area contributed by atoms with Crippen LogP contribution in [0.25, 0.3) is 11.1 Å². The van der Waals surface area contributed by atoms with Crippen LogP contribution >= 0.6 is 23.2 Å². The van der Waals surface area contributed by atoms with E-state index in [0.717, 1.165) is 0 Å². The van der Waals surface area contributed by atoms with Crippen LogP contribution in [0, 0.1) is 5.82 Å². The zero-order chi connectivity index (χ0) is 14.8. The minimum absolute atomic E-state index is 0.0873. The predicted octanol–water partition coefficient (Wildman–Crippen LogP) is 3.68. The Kier molecular flexibility index (Phi) is 4.35. The van der Waals surface area contributed by atoms with Crippen molar-refractivity contribution in [2.45, 2.75) is 6.10 Å². The molecular formula is C14H11Cl2FN2O2. The third-order valence-electron chi connectivity index (χ3n) is 3.09. The summed E-state index contributed by atoms with van der Waals surface area (Å²) in [5.74, 6) is -0.0975. The van der Waals surface area contributed by atoms with E-state index >= 15 is 0 Å². The van der Waals surface area contributed by atoms with Gasteiger partial charge in [0.15, 0.2) is 5.82 Å². The number of nitrogens with zero attached hydrogens (tertiary/aromatic N) is 2. The van der Waals surface area contributed by atoms with Gasteiger partial charge in [-0.2, -0.15) is 0 Å². The van der Waals surface area contributed by atoms with Crippen molar-refractivity contribution < 1.29 is 13.9 Å². The normalized spacial score (nSPS) is 18.7. The number of halogens is 3. The van der Waals surface area contributed by atoms with Gasteiger partial charge in [0.25, 0.3) is 0 Å². The summed E-state index contributed by atoms with van der Waals surface area (Å²) in [4.78, 5) is 8.35. The summed E-state index contributed by atoms with van der Waals surface area (Å²) in [5, 5.41) is 0.175. The van der Waals surface area contributed by atoms with Crippen LogP contribution in [0.15, 0.2) is 24.3 Å². The number of rotatable bonds is 2. The molecule has 0 amide bonds. The lowest BCUT2D eigenvalue weighted by molar-refractivity contribution is -0.0935. The van der Waals surface area contributed by atoms with Crippen molar-refractivity contribution in [2.24, 2.45) is 0 Å². The van der Waals surface area contributed by atoms with E-state index in [9.17, 15) is 4.39 Å². The molecule has 2 aromatic rings. The van der Waals surface area contributed by atoms with Crippen LogP contribution < -0.4 is 0 Å². The van der Waals surface area contributed by atoms with Crippen molar-refractivity contribution in [1.82, 2.24) is 9.97 Å². The summed E-state index contributed by atoms with van der Waals surface area (Å²) in [5.41, 5.74) is 0.539. The SMILES string of the molecule is Fc1ccccc1-c1c(Cl)nc(C2COCCO2)nc1Cl. The van der Waals surface area contributed by atoms with Gasteiger partial charge in [0.2, 0.25) is 0 Å². The maximum Gasteiger partial charge on any atom is 0.162 e. The van der Waals surface area contributed by atoms with Gasteiger partial charge in [0.05, 0.1) is 25.4 Å². The summed E-state index contributed by atoms with van der Waals surface area (Å²) in [6, 6.07) is 6.18. The number of ether oxygens (including phenoxy) is 2. The molecule has 21 heavy (non-hydrogen) atoms. The average Bonchev–Trinajstić information content (AvgIpc) is 2.49. The average molecular weight is 329 g/mol. The second-order valence-corrected chi connectivity index (χ2v) is 5.17. The zero-order valence-corrected chi connectivity index (χ0v) is 12.4. The molecule has 1 unspecified atom stereocenters. The highest BCUT2D eigenvalue weighted by molar-refractivity contribution is 6.37. The Balaban J connectivity index is 2.02. The molecule has 1 aliphatic rings. The molecular weight excluding hydrogens is 318 g/mol. The minimum atomic E-state index is -0.435. The highest BCUT2D eigenvalue weighted by Crippen LogP contribution is 2.35. The first-order valence-electron chi connectivity index (χ1n) is 6.34. The molecule has 0 spiro atoms. The molecule has 0 aliphatic carbocycles. The van der Waals surface area contributed by atoms with E-state index in [2.05, 4.69) is 9.97 Å². The van der Waals surface area contributed by atoms with E-state index in [1.165, 1.54) is 6.07 Å². The maximum absolute atomic E-state index is 13.9. The lowest BCUT2D eigenvalue weighted by Crippen LogP contribution is -2.23. The second-order valence-electron chi connectivity index (χ2n) is 4.45. The third-order valence-corrected chi connectivity index (χ3v) is 3.63. The lowest BCUT2D eigenvalue weighted by Gasteiger charge is -2.22. The number of benzene rings is 1. The summed E-state index contributed by atoms with van der Waals surface area (Å²) in [7, 11) is 0. The molecule has 1 aliphatic heterocycles. The standard InChI is InChI=1S/C14H11Cl2FN2O2/c15-12-11(8-3-1-2-4-9(8)17)13(16)19-14(18-12)10-7-20-5-6-21-10/h1-4,10H,5-7H2. The molecule has 1 atom stereocenters. The molecule has 3 rings (SSSR count). The molecule has 0 radical (unpaired) electrons. The molecule has 1 aromatic carbocycles. The van der Waals surface area contributed by atoms with E-state index < -0.39 is 11.9 Å². The van der Waals surface area contributed by atoms with Crippen LogP contribution in [-0.4, -0.2) is 29.8 Å². The van der Waals surface area contributed by atoms with Crippen LogP contribution in [0.2, 0.25) is 10.3 Å². The summed E-state index contributed by atoms with van der Waals surface area (Å²) >= 11 is 12.3. The molecule has 0 N–H and O–H groups in total. The predicted molar refractivity (Wildman–Crippen MR) is 77.0 cm³/mol. The molecule has 0 bridgehead atoms. The van der Waals surface area contributed by atoms with E-state index in [-0.39, 0.29) is 21.4 Å². The van der Waals surface area contributed by atoms with Gasteiger partial charge in [-0.3, -0.25) is 0 Å². The van der Waals surface area contributed by atoms with Gasteiger partial charge >= 0.3 is 0 Å². The third kappa shape index (κ3) is 3.01. The van der Waals surface area contributed by atoms with E-state index in [1.54, 1.807) is 18.2 Å². The molecule has 7 heteroatoms. The quantitative estimate of drug-likeness (QED) is 0.789. The fraction of sp³-hybridized carbons (Fsp3) is 0.286. The first-order valence-corrected chi connectivity index (χ1v) is 7.09. The Morgan fingerprint density at radius 2 is 1.81 bits per heavy atom. The second kappa shape index (κ2) is 6.23. The first kappa shape index (κ1) is 14.7. The maximum atomic E-state index is 13.9. The lowest BCUT2D eigenvalue weighted by atomic mass is 10.1. The monoisotopic (exact) mass is 328 g/mol. The Morgan fingerprint density at radius 3 is 2.43 bits per heavy atom. The Morgan fingerprint density at radius 1 is 1.10 bits per heavy atom. The number of aromatic nitrogens is 2. The fourth-order valence-corrected chi connectivity index (χ4v) is 2.69. The van der Waals surface area contributed by atoms with Crippen molar-refractivity contribution in [3.63, 3.8) is 0 Å². The van der Waals surface area contributed by atoms with Crippen LogP contribution in [0.4, 0.5) is 4.39 Å². The summed E-state index contributed by atoms with van der Waals surface area (Å²) in [6.45, 7) is 1.33. The summed E-state index contributed by atoms with van der Waals surface area (Å²) < 4.78 is 24.7. The minimum Gasteiger partial charge on any atom is -0.376 e. The van der Waals surface area contributed by atoms with E-state index in [0.29, 0.717) is 25.6 Å². The topological polar surface area (TPSA) is 44.2 Å². The van der Waals surface area contributed by atoms with Crippen molar-refractivity contribution in [3.8, 4) is 11.1 Å². The van der Waals surface area contributed by atoms with E-state index in [1.807, 2.05) is 0 Å². The zero-order valence-electron chi connectivity index (χ0n) is 10.9. The highest BCUT2D eigenvalue weighted by Gasteiger charge is 2.23. The van der Waals surface area contributed by atoms with Crippen LogP contribution in [-0.2, 0) is 9.47 Å². The van der Waals surface area contributed by atoms with Gasteiger partial charge in [-0.25, -0.2) is 14.4 Å². The van der Waals surface area contributed by atoms with Crippen molar-refractivity contribution in [3.05, 3.63) is 46.2 Å². The molecule has 2 heterocycles. The fourth-order valence-electron chi connectivity index (χ4n) is 2.09. The van der Waals surface area contributed by atoms with Crippen LogP contribution in [0.1, 0.15) is 11.9 Å². The Hall–Kier alpha value is -1.27. The molecule has 110 valence electrons. The smallest absolute Gasteiger partial charge is 0.162 e. The molecule has 0 saturated carbocycles. The molecule has 1 fully saturated rings. The van der Waals surface area contributed by atoms with E-state index in [4.69, 9.17) is 32.7 Å². The van der Waals surface area contributed by atoms with Gasteiger partial charge in [0.1, 0.15) is 22.2 Å². The van der Waals surface area contributed by atoms with Gasteiger partial charge in [-0.15, -0.1) is 0 Å². The molecule has 1 saturated heterocycles. The van der Waals surface area contributed by atoms with Gasteiger partial charge in [0, 0.05) is 5.56 Å². The first-order chi connectivity index (χ1) is 10.2. The van der Waals surface area contributed by atoms with Crippen molar-refractivity contribution in [2.75, 3.05) is 19.8 Å². The van der Waals surface area contributed by atoms with Crippen molar-refractivity contribution in [1.29, 1.82) is 0 Å². The molecule has 1 aromatic heterocycles. The van der Waals surface area contributed by atoms with Gasteiger partial charge in [-0.05, 0) is 6.07 Å².